The molecule has 0 fully saturated rings. The van der Waals surface area contributed by atoms with E-state index < -0.39 is 0 Å². The Labute approximate surface area is 91.0 Å². The highest BCUT2D eigenvalue weighted by Gasteiger charge is 2.15. The minimum atomic E-state index is -0.0568. The van der Waals surface area contributed by atoms with Crippen molar-refractivity contribution in [2.45, 2.75) is 13.8 Å². The van der Waals surface area contributed by atoms with Crippen LogP contribution in [0.4, 0.5) is 0 Å². The van der Waals surface area contributed by atoms with Crippen molar-refractivity contribution >= 4 is 17.1 Å². The summed E-state index contributed by atoms with van der Waals surface area (Å²) in [5.41, 5.74) is 1.27. The van der Waals surface area contributed by atoms with Crippen LogP contribution in [-0.2, 0) is 0 Å². The SMILES string of the molecule is Cc1nc(C)c(C(=O)c2cncnc2)s1. The highest BCUT2D eigenvalue weighted by atomic mass is 32.1. The Morgan fingerprint density at radius 3 is 2.47 bits per heavy atom. The number of hydrogen-bond donors (Lipinski definition) is 0. The lowest BCUT2D eigenvalue weighted by atomic mass is 10.2. The first-order valence-corrected chi connectivity index (χ1v) is 5.24. The third-order valence-corrected chi connectivity index (χ3v) is 3.00. The van der Waals surface area contributed by atoms with E-state index >= 15 is 0 Å². The molecule has 0 bridgehead atoms. The number of aryl methyl sites for hydroxylation is 2. The molecule has 2 aromatic rings. The van der Waals surface area contributed by atoms with Crippen LogP contribution in [0.15, 0.2) is 18.7 Å². The van der Waals surface area contributed by atoms with Gasteiger partial charge in [-0.25, -0.2) is 15.0 Å². The van der Waals surface area contributed by atoms with Gasteiger partial charge in [0.15, 0.2) is 0 Å². The maximum atomic E-state index is 12.0. The molecule has 0 aromatic carbocycles. The van der Waals surface area contributed by atoms with Gasteiger partial charge in [0, 0.05) is 12.4 Å². The van der Waals surface area contributed by atoms with E-state index in [-0.39, 0.29) is 5.78 Å². The minimum Gasteiger partial charge on any atom is -0.287 e. The molecule has 4 nitrogen and oxygen atoms in total. The van der Waals surface area contributed by atoms with Crippen molar-refractivity contribution in [1.82, 2.24) is 15.0 Å². The molecule has 2 heterocycles. The standard InChI is InChI=1S/C10H9N3OS/c1-6-10(15-7(2)13-6)9(14)8-3-11-5-12-4-8/h3-5H,1-2H3. The zero-order valence-electron chi connectivity index (χ0n) is 8.39. The monoisotopic (exact) mass is 219 g/mol. The molecule has 0 saturated carbocycles. The average molecular weight is 219 g/mol. The zero-order valence-corrected chi connectivity index (χ0v) is 9.21. The lowest BCUT2D eigenvalue weighted by Crippen LogP contribution is -2.01. The van der Waals surface area contributed by atoms with E-state index in [1.807, 2.05) is 13.8 Å². The highest BCUT2D eigenvalue weighted by Crippen LogP contribution is 2.20. The van der Waals surface area contributed by atoms with Crippen molar-refractivity contribution in [2.75, 3.05) is 0 Å². The molecule has 0 aliphatic carbocycles. The van der Waals surface area contributed by atoms with Gasteiger partial charge in [-0.2, -0.15) is 0 Å². The van der Waals surface area contributed by atoms with Crippen molar-refractivity contribution in [3.05, 3.63) is 39.9 Å². The van der Waals surface area contributed by atoms with Crippen LogP contribution in [-0.4, -0.2) is 20.7 Å². The molecule has 76 valence electrons. The summed E-state index contributed by atoms with van der Waals surface area (Å²) in [6, 6.07) is 0. The maximum absolute atomic E-state index is 12.0. The number of hydrogen-bond acceptors (Lipinski definition) is 5. The molecule has 15 heavy (non-hydrogen) atoms. The van der Waals surface area contributed by atoms with Gasteiger partial charge in [0.2, 0.25) is 5.78 Å². The first-order valence-electron chi connectivity index (χ1n) is 4.42. The third-order valence-electron chi connectivity index (χ3n) is 1.93. The predicted octanol–water partition coefficient (Wildman–Crippen LogP) is 1.78. The highest BCUT2D eigenvalue weighted by molar-refractivity contribution is 7.14. The van der Waals surface area contributed by atoms with Crippen molar-refractivity contribution in [3.8, 4) is 0 Å². The van der Waals surface area contributed by atoms with Gasteiger partial charge >= 0.3 is 0 Å². The van der Waals surface area contributed by atoms with Crippen LogP contribution < -0.4 is 0 Å². The van der Waals surface area contributed by atoms with E-state index in [4.69, 9.17) is 0 Å². The Bertz CT molecular complexity index is 493. The molecular formula is C10H9N3OS. The molecule has 0 amide bonds. The molecule has 2 aromatic heterocycles. The van der Waals surface area contributed by atoms with Gasteiger partial charge in [0.25, 0.3) is 0 Å². The summed E-state index contributed by atoms with van der Waals surface area (Å²) in [6.07, 6.45) is 4.44. The summed E-state index contributed by atoms with van der Waals surface area (Å²) in [6.45, 7) is 3.72. The fraction of sp³-hybridized carbons (Fsp3) is 0.200. The van der Waals surface area contributed by atoms with E-state index in [1.54, 1.807) is 0 Å². The van der Waals surface area contributed by atoms with E-state index in [2.05, 4.69) is 15.0 Å². The fourth-order valence-corrected chi connectivity index (χ4v) is 2.17. The van der Waals surface area contributed by atoms with E-state index in [0.29, 0.717) is 10.4 Å². The van der Waals surface area contributed by atoms with E-state index in [0.717, 1.165) is 10.7 Å². The summed E-state index contributed by atoms with van der Waals surface area (Å²) in [4.78, 5) is 24.5. The van der Waals surface area contributed by atoms with Gasteiger partial charge in [-0.1, -0.05) is 0 Å². The Balaban J connectivity index is 2.41. The van der Waals surface area contributed by atoms with Crippen LogP contribution in [0.2, 0.25) is 0 Å². The molecule has 0 atom stereocenters. The third kappa shape index (κ3) is 1.92. The van der Waals surface area contributed by atoms with Gasteiger partial charge in [0.05, 0.1) is 21.1 Å². The van der Waals surface area contributed by atoms with Crippen LogP contribution in [0.1, 0.15) is 25.9 Å². The molecule has 0 spiro atoms. The fourth-order valence-electron chi connectivity index (χ4n) is 1.29. The normalized spacial score (nSPS) is 10.3. The van der Waals surface area contributed by atoms with Gasteiger partial charge in [-0.3, -0.25) is 4.79 Å². The second kappa shape index (κ2) is 3.86. The number of thiazole rings is 1. The molecule has 2 rings (SSSR count). The number of aromatic nitrogens is 3. The average Bonchev–Trinajstić information content (AvgIpc) is 2.58. The predicted molar refractivity (Wildman–Crippen MR) is 57.1 cm³/mol. The minimum absolute atomic E-state index is 0.0568. The number of rotatable bonds is 2. The van der Waals surface area contributed by atoms with Crippen LogP contribution >= 0.6 is 11.3 Å². The van der Waals surface area contributed by atoms with Crippen LogP contribution in [0.5, 0.6) is 0 Å². The quantitative estimate of drug-likeness (QED) is 0.722. The van der Waals surface area contributed by atoms with Gasteiger partial charge < -0.3 is 0 Å². The number of carbonyl (C=O) groups is 1. The number of ketones is 1. The van der Waals surface area contributed by atoms with Crippen molar-refractivity contribution in [3.63, 3.8) is 0 Å². The molecule has 5 heteroatoms. The van der Waals surface area contributed by atoms with Gasteiger partial charge in [-0.05, 0) is 13.8 Å². The first-order chi connectivity index (χ1) is 7.18. The zero-order chi connectivity index (χ0) is 10.8. The summed E-state index contributed by atoms with van der Waals surface area (Å²) in [5.74, 6) is -0.0568. The van der Waals surface area contributed by atoms with Crippen molar-refractivity contribution in [2.24, 2.45) is 0 Å². The van der Waals surface area contributed by atoms with Crippen LogP contribution in [0.3, 0.4) is 0 Å². The number of nitrogens with zero attached hydrogens (tertiary/aromatic N) is 3. The molecule has 0 unspecified atom stereocenters. The Morgan fingerprint density at radius 1 is 1.27 bits per heavy atom. The first kappa shape index (κ1) is 9.92. The summed E-state index contributed by atoms with van der Waals surface area (Å²) >= 11 is 1.40. The Hall–Kier alpha value is -1.62. The smallest absolute Gasteiger partial charge is 0.207 e. The molecule has 0 aliphatic rings. The molecule has 0 N–H and O–H groups in total. The summed E-state index contributed by atoms with van der Waals surface area (Å²) in [7, 11) is 0. The van der Waals surface area contributed by atoms with Gasteiger partial charge in [0.1, 0.15) is 6.33 Å². The molecule has 0 radical (unpaired) electrons. The number of carbonyl (C=O) groups excluding carboxylic acids is 1. The maximum Gasteiger partial charge on any atom is 0.207 e. The Kier molecular flexibility index (Phi) is 2.55. The molecule has 0 saturated heterocycles. The summed E-state index contributed by atoms with van der Waals surface area (Å²) < 4.78 is 0. The van der Waals surface area contributed by atoms with Crippen LogP contribution in [0, 0.1) is 13.8 Å². The van der Waals surface area contributed by atoms with Gasteiger partial charge in [-0.15, -0.1) is 11.3 Å². The Morgan fingerprint density at radius 2 is 1.93 bits per heavy atom. The molecule has 0 aliphatic heterocycles. The molecular weight excluding hydrogens is 210 g/mol. The van der Waals surface area contributed by atoms with E-state index in [9.17, 15) is 4.79 Å². The largest absolute Gasteiger partial charge is 0.287 e. The topological polar surface area (TPSA) is 55.7 Å². The van der Waals surface area contributed by atoms with Crippen molar-refractivity contribution < 1.29 is 4.79 Å². The summed E-state index contributed by atoms with van der Waals surface area (Å²) in [5, 5.41) is 0.896. The van der Waals surface area contributed by atoms with Crippen molar-refractivity contribution in [1.29, 1.82) is 0 Å². The second-order valence-electron chi connectivity index (χ2n) is 3.10. The lowest BCUT2D eigenvalue weighted by molar-refractivity contribution is 0.104. The lowest BCUT2D eigenvalue weighted by Gasteiger charge is -1.96. The second-order valence-corrected chi connectivity index (χ2v) is 4.31. The van der Waals surface area contributed by atoms with Crippen LogP contribution in [0.25, 0.3) is 0 Å². The van der Waals surface area contributed by atoms with E-state index in [1.165, 1.54) is 30.1 Å².